The molecule has 0 aromatic heterocycles. The molecule has 0 aliphatic carbocycles. The number of ether oxygens (including phenoxy) is 2. The van der Waals surface area contributed by atoms with E-state index in [9.17, 15) is 14.7 Å². The van der Waals surface area contributed by atoms with E-state index in [0.29, 0.717) is 36.8 Å². The highest BCUT2D eigenvalue weighted by atomic mass is 16.5. The van der Waals surface area contributed by atoms with E-state index in [1.807, 2.05) is 45.0 Å². The SMILES string of the molecule is CCOc1ccc(/C(O)=C2/C(=O)C(=O)N(CCN(CC)CC)C2c2ccc(OC(C)C)cc2)cc1. The van der Waals surface area contributed by atoms with Crippen molar-refractivity contribution in [2.24, 2.45) is 0 Å². The molecular formula is C28H36N2O5. The molecule has 1 amide bonds. The minimum Gasteiger partial charge on any atom is -0.507 e. The van der Waals surface area contributed by atoms with Crippen molar-refractivity contribution in [2.75, 3.05) is 32.8 Å². The molecule has 2 aromatic carbocycles. The van der Waals surface area contributed by atoms with Gasteiger partial charge in [-0.1, -0.05) is 26.0 Å². The van der Waals surface area contributed by atoms with Crippen LogP contribution in [0.25, 0.3) is 5.76 Å². The number of nitrogens with zero attached hydrogens (tertiary/aromatic N) is 2. The van der Waals surface area contributed by atoms with Gasteiger partial charge in [0.2, 0.25) is 0 Å². The van der Waals surface area contributed by atoms with Gasteiger partial charge < -0.3 is 24.4 Å². The number of benzene rings is 2. The van der Waals surface area contributed by atoms with Gasteiger partial charge in [-0.25, -0.2) is 0 Å². The molecule has 1 heterocycles. The third-order valence-corrected chi connectivity index (χ3v) is 6.10. The second-order valence-corrected chi connectivity index (χ2v) is 8.71. The lowest BCUT2D eigenvalue weighted by atomic mass is 9.95. The summed E-state index contributed by atoms with van der Waals surface area (Å²) < 4.78 is 11.2. The Balaban J connectivity index is 2.04. The van der Waals surface area contributed by atoms with Gasteiger partial charge in [-0.2, -0.15) is 0 Å². The number of rotatable bonds is 11. The van der Waals surface area contributed by atoms with Gasteiger partial charge in [0.25, 0.3) is 11.7 Å². The number of likely N-dealkylation sites (N-methyl/N-ethyl adjacent to an activating group) is 1. The molecule has 1 atom stereocenters. The zero-order chi connectivity index (χ0) is 25.5. The fraction of sp³-hybridized carbons (Fsp3) is 0.429. The normalized spacial score (nSPS) is 17.5. The van der Waals surface area contributed by atoms with Gasteiger partial charge in [-0.05, 0) is 75.8 Å². The lowest BCUT2D eigenvalue weighted by molar-refractivity contribution is -0.140. The van der Waals surface area contributed by atoms with Gasteiger partial charge in [0.05, 0.1) is 24.3 Å². The third-order valence-electron chi connectivity index (χ3n) is 6.10. The Bertz CT molecular complexity index is 1040. The maximum absolute atomic E-state index is 13.2. The zero-order valence-corrected chi connectivity index (χ0v) is 21.3. The number of likely N-dealkylation sites (tertiary alicyclic amines) is 1. The van der Waals surface area contributed by atoms with Gasteiger partial charge in [0, 0.05) is 18.7 Å². The molecule has 1 N–H and O–H groups in total. The number of hydrogen-bond acceptors (Lipinski definition) is 6. The van der Waals surface area contributed by atoms with E-state index in [1.165, 1.54) is 0 Å². The van der Waals surface area contributed by atoms with Crippen molar-refractivity contribution in [3.05, 3.63) is 65.2 Å². The van der Waals surface area contributed by atoms with Crippen molar-refractivity contribution in [2.45, 2.75) is 46.8 Å². The monoisotopic (exact) mass is 480 g/mol. The Morgan fingerprint density at radius 1 is 0.971 bits per heavy atom. The van der Waals surface area contributed by atoms with Crippen molar-refractivity contribution < 1.29 is 24.2 Å². The molecule has 0 radical (unpaired) electrons. The summed E-state index contributed by atoms with van der Waals surface area (Å²) in [4.78, 5) is 30.1. The Hall–Kier alpha value is -3.32. The molecule has 7 nitrogen and oxygen atoms in total. The standard InChI is InChI=1S/C28H36N2O5/c1-6-29(7-2)17-18-30-25(20-9-15-23(16-10-20)35-19(4)5)24(27(32)28(30)33)26(31)21-11-13-22(14-12-21)34-8-3/h9-16,19,25,31H,6-8,17-18H2,1-5H3/b26-24-. The Morgan fingerprint density at radius 3 is 2.11 bits per heavy atom. The van der Waals surface area contributed by atoms with Crippen molar-refractivity contribution in [3.63, 3.8) is 0 Å². The lowest BCUT2D eigenvalue weighted by Crippen LogP contribution is -2.38. The van der Waals surface area contributed by atoms with Crippen LogP contribution < -0.4 is 9.47 Å². The number of carbonyl (C=O) groups excluding carboxylic acids is 2. The molecule has 35 heavy (non-hydrogen) atoms. The minimum atomic E-state index is -0.690. The highest BCUT2D eigenvalue weighted by Gasteiger charge is 2.46. The quantitative estimate of drug-likeness (QED) is 0.287. The first-order chi connectivity index (χ1) is 16.8. The Morgan fingerprint density at radius 2 is 1.57 bits per heavy atom. The van der Waals surface area contributed by atoms with E-state index in [2.05, 4.69) is 18.7 Å². The number of amides is 1. The molecule has 1 fully saturated rings. The van der Waals surface area contributed by atoms with E-state index < -0.39 is 17.7 Å². The first-order valence-corrected chi connectivity index (χ1v) is 12.3. The molecule has 0 bridgehead atoms. The maximum atomic E-state index is 13.2. The summed E-state index contributed by atoms with van der Waals surface area (Å²) in [6.07, 6.45) is 0.0280. The number of carbonyl (C=O) groups is 2. The van der Waals surface area contributed by atoms with Gasteiger partial charge in [-0.15, -0.1) is 0 Å². The van der Waals surface area contributed by atoms with Crippen LogP contribution in [0.5, 0.6) is 11.5 Å². The van der Waals surface area contributed by atoms with Crippen molar-refractivity contribution in [1.29, 1.82) is 0 Å². The summed E-state index contributed by atoms with van der Waals surface area (Å²) in [6.45, 7) is 13.2. The average molecular weight is 481 g/mol. The van der Waals surface area contributed by atoms with Gasteiger partial charge in [0.1, 0.15) is 17.3 Å². The molecule has 7 heteroatoms. The van der Waals surface area contributed by atoms with Crippen LogP contribution in [0.15, 0.2) is 54.1 Å². The predicted molar refractivity (Wildman–Crippen MR) is 137 cm³/mol. The van der Waals surface area contributed by atoms with Crippen LogP contribution in [0.4, 0.5) is 0 Å². The van der Waals surface area contributed by atoms with Crippen molar-refractivity contribution in [3.8, 4) is 11.5 Å². The first kappa shape index (κ1) is 26.3. The van der Waals surface area contributed by atoms with Crippen LogP contribution in [0.1, 0.15) is 51.8 Å². The third kappa shape index (κ3) is 6.03. The van der Waals surface area contributed by atoms with Crippen LogP contribution in [0, 0.1) is 0 Å². The summed E-state index contributed by atoms with van der Waals surface area (Å²) in [5.74, 6) is -0.0961. The highest BCUT2D eigenvalue weighted by Crippen LogP contribution is 2.40. The molecule has 1 unspecified atom stereocenters. The number of Topliss-reactive ketones (excluding diaryl/α,β-unsaturated/α-hetero) is 1. The number of hydrogen-bond donors (Lipinski definition) is 1. The molecule has 188 valence electrons. The van der Waals surface area contributed by atoms with Crippen LogP contribution in [-0.2, 0) is 9.59 Å². The molecular weight excluding hydrogens is 444 g/mol. The fourth-order valence-corrected chi connectivity index (χ4v) is 4.28. The van der Waals surface area contributed by atoms with Crippen molar-refractivity contribution in [1.82, 2.24) is 9.80 Å². The summed E-state index contributed by atoms with van der Waals surface area (Å²) >= 11 is 0. The van der Waals surface area contributed by atoms with Gasteiger partial charge in [-0.3, -0.25) is 9.59 Å². The molecule has 0 spiro atoms. The highest BCUT2D eigenvalue weighted by molar-refractivity contribution is 6.46. The van der Waals surface area contributed by atoms with Crippen LogP contribution in [0.2, 0.25) is 0 Å². The van der Waals surface area contributed by atoms with E-state index in [4.69, 9.17) is 9.47 Å². The van der Waals surface area contributed by atoms with Gasteiger partial charge in [0.15, 0.2) is 0 Å². The molecule has 1 aliphatic heterocycles. The Kier molecular flexibility index (Phi) is 8.93. The van der Waals surface area contributed by atoms with Gasteiger partial charge >= 0.3 is 0 Å². The topological polar surface area (TPSA) is 79.3 Å². The Labute approximate surface area is 207 Å². The first-order valence-electron chi connectivity index (χ1n) is 12.3. The maximum Gasteiger partial charge on any atom is 0.295 e. The number of ketones is 1. The van der Waals surface area contributed by atoms with Crippen LogP contribution in [0.3, 0.4) is 0 Å². The van der Waals surface area contributed by atoms with Crippen LogP contribution >= 0.6 is 0 Å². The average Bonchev–Trinajstić information content (AvgIpc) is 3.10. The summed E-state index contributed by atoms with van der Waals surface area (Å²) in [5, 5.41) is 11.2. The van der Waals surface area contributed by atoms with Crippen molar-refractivity contribution >= 4 is 17.4 Å². The minimum absolute atomic E-state index is 0.0280. The largest absolute Gasteiger partial charge is 0.507 e. The molecule has 3 rings (SSSR count). The van der Waals surface area contributed by atoms with E-state index in [-0.39, 0.29) is 17.4 Å². The molecule has 1 aliphatic rings. The number of aliphatic hydroxyl groups excluding tert-OH is 1. The smallest absolute Gasteiger partial charge is 0.295 e. The number of aliphatic hydroxyl groups is 1. The second kappa shape index (κ2) is 11.9. The summed E-state index contributed by atoms with van der Waals surface area (Å²) in [5.41, 5.74) is 1.29. The lowest BCUT2D eigenvalue weighted by Gasteiger charge is -2.28. The van der Waals surface area contributed by atoms with E-state index >= 15 is 0 Å². The zero-order valence-electron chi connectivity index (χ0n) is 21.3. The summed E-state index contributed by atoms with van der Waals surface area (Å²) in [7, 11) is 0. The predicted octanol–water partition coefficient (Wildman–Crippen LogP) is 4.64. The van der Waals surface area contributed by atoms with E-state index in [0.717, 1.165) is 18.7 Å². The molecule has 2 aromatic rings. The molecule has 1 saturated heterocycles. The van der Waals surface area contributed by atoms with E-state index in [1.54, 1.807) is 29.2 Å². The second-order valence-electron chi connectivity index (χ2n) is 8.71. The summed E-state index contributed by atoms with van der Waals surface area (Å²) in [6, 6.07) is 13.5. The van der Waals surface area contributed by atoms with Crippen LogP contribution in [-0.4, -0.2) is 65.5 Å². The fourth-order valence-electron chi connectivity index (χ4n) is 4.28. The molecule has 0 saturated carbocycles.